The summed E-state index contributed by atoms with van der Waals surface area (Å²) in [4.78, 5) is 0. The molecule has 0 aliphatic carbocycles. The zero-order chi connectivity index (χ0) is 24.6. The molecule has 0 aromatic heterocycles. The molecule has 15 nitrogen and oxygen atoms in total. The third kappa shape index (κ3) is 5.32. The van der Waals surface area contributed by atoms with Crippen molar-refractivity contribution in [1.82, 2.24) is 0 Å². The Hall–Kier alpha value is -0.600. The van der Waals surface area contributed by atoms with Crippen molar-refractivity contribution in [2.45, 2.75) is 99.0 Å². The lowest BCUT2D eigenvalue weighted by atomic mass is 9.96. The average Bonchev–Trinajstić information content (AvgIpc) is 2.80. The predicted octanol–water partition coefficient (Wildman–Crippen LogP) is -6.55. The second-order valence-electron chi connectivity index (χ2n) is 8.32. The minimum atomic E-state index is -1.83. The van der Waals surface area contributed by atoms with E-state index in [0.717, 1.165) is 0 Å². The van der Waals surface area contributed by atoms with E-state index < -0.39 is 105 Å². The van der Waals surface area contributed by atoms with Crippen LogP contribution in [-0.2, 0) is 23.7 Å². The van der Waals surface area contributed by atoms with Crippen molar-refractivity contribution in [3.05, 3.63) is 0 Å². The van der Waals surface area contributed by atoms with E-state index in [-0.39, 0.29) is 0 Å². The fraction of sp³-hybridized carbons (Fsp3) is 1.00. The monoisotopic (exact) mass is 488 g/mol. The minimum absolute atomic E-state index is 0.760. The third-order valence-electron chi connectivity index (χ3n) is 6.05. The Kier molecular flexibility index (Phi) is 8.99. The van der Waals surface area contributed by atoms with Gasteiger partial charge in [-0.05, 0) is 6.92 Å². The van der Waals surface area contributed by atoms with Gasteiger partial charge in [0.15, 0.2) is 18.9 Å². The van der Waals surface area contributed by atoms with Gasteiger partial charge < -0.3 is 74.7 Å². The van der Waals surface area contributed by atoms with E-state index >= 15 is 0 Å². The molecule has 0 spiro atoms. The van der Waals surface area contributed by atoms with Crippen LogP contribution in [0.5, 0.6) is 0 Å². The Balaban J connectivity index is 1.83. The van der Waals surface area contributed by atoms with E-state index in [1.807, 2.05) is 0 Å². The van der Waals surface area contributed by atoms with E-state index in [4.69, 9.17) is 23.7 Å². The highest BCUT2D eigenvalue weighted by molar-refractivity contribution is 4.95. The van der Waals surface area contributed by atoms with Crippen LogP contribution in [0, 0.1) is 0 Å². The Labute approximate surface area is 187 Å². The van der Waals surface area contributed by atoms with E-state index in [1.54, 1.807) is 0 Å². The normalized spacial score (nSPS) is 53.7. The van der Waals surface area contributed by atoms with Gasteiger partial charge in [-0.1, -0.05) is 0 Å². The maximum atomic E-state index is 10.6. The third-order valence-corrected chi connectivity index (χ3v) is 6.05. The van der Waals surface area contributed by atoms with Crippen LogP contribution in [0.15, 0.2) is 0 Å². The minimum Gasteiger partial charge on any atom is -0.394 e. The Morgan fingerprint density at radius 2 is 1.12 bits per heavy atom. The molecule has 3 aliphatic heterocycles. The molecule has 3 rings (SSSR count). The molecular weight excluding hydrogens is 456 g/mol. The summed E-state index contributed by atoms with van der Waals surface area (Å²) in [7, 11) is 0. The maximum absolute atomic E-state index is 10.6. The molecule has 0 unspecified atom stereocenters. The molecule has 3 heterocycles. The number of aliphatic hydroxyl groups is 10. The highest BCUT2D eigenvalue weighted by Crippen LogP contribution is 2.32. The Bertz CT molecular complexity index is 624. The lowest BCUT2D eigenvalue weighted by Gasteiger charge is -2.48. The number of hydrogen-bond donors (Lipinski definition) is 10. The predicted molar refractivity (Wildman–Crippen MR) is 99.8 cm³/mol. The second-order valence-corrected chi connectivity index (χ2v) is 8.32. The topological polar surface area (TPSA) is 248 Å². The number of rotatable bonds is 6. The van der Waals surface area contributed by atoms with E-state index in [2.05, 4.69) is 0 Å². The Morgan fingerprint density at radius 3 is 1.73 bits per heavy atom. The molecule has 33 heavy (non-hydrogen) atoms. The second kappa shape index (κ2) is 11.0. The summed E-state index contributed by atoms with van der Waals surface area (Å²) in [5.41, 5.74) is 0. The highest BCUT2D eigenvalue weighted by Gasteiger charge is 2.53. The lowest BCUT2D eigenvalue weighted by molar-refractivity contribution is -0.385. The van der Waals surface area contributed by atoms with E-state index in [0.29, 0.717) is 0 Å². The quantitative estimate of drug-likeness (QED) is 0.167. The smallest absolute Gasteiger partial charge is 0.187 e. The van der Waals surface area contributed by atoms with Gasteiger partial charge in [0.25, 0.3) is 0 Å². The van der Waals surface area contributed by atoms with Gasteiger partial charge in [0.2, 0.25) is 0 Å². The molecule has 0 aromatic carbocycles. The lowest BCUT2D eigenvalue weighted by Crippen LogP contribution is -2.66. The summed E-state index contributed by atoms with van der Waals surface area (Å²) < 4.78 is 26.9. The van der Waals surface area contributed by atoms with Gasteiger partial charge in [0, 0.05) is 0 Å². The fourth-order valence-corrected chi connectivity index (χ4v) is 3.98. The van der Waals surface area contributed by atoms with Crippen LogP contribution in [-0.4, -0.2) is 156 Å². The fourth-order valence-electron chi connectivity index (χ4n) is 3.98. The molecule has 0 bridgehead atoms. The van der Waals surface area contributed by atoms with Crippen LogP contribution >= 0.6 is 0 Å². The zero-order valence-corrected chi connectivity index (χ0v) is 17.6. The van der Waals surface area contributed by atoms with Crippen molar-refractivity contribution < 1.29 is 74.7 Å². The van der Waals surface area contributed by atoms with Crippen LogP contribution in [0.1, 0.15) is 6.92 Å². The first-order valence-corrected chi connectivity index (χ1v) is 10.4. The van der Waals surface area contributed by atoms with Gasteiger partial charge >= 0.3 is 0 Å². The van der Waals surface area contributed by atoms with Crippen molar-refractivity contribution >= 4 is 0 Å². The Morgan fingerprint density at radius 1 is 0.545 bits per heavy atom. The molecule has 15 heteroatoms. The standard InChI is InChI=1S/C18H32O15/c1-4-7(21)9(23)13(27)17(29-4)33-15-10(24)8(22)5(2-19)31-18(15)32-14-6(3-20)30-16(28)12(26)11(14)25/h4-28H,2-3H2,1H3/t4-,5+,6+,7+,8-,9+,10-,11+,12+,13-,14+,15+,16+,17-,18+/m0/s1. The summed E-state index contributed by atoms with van der Waals surface area (Å²) in [6.45, 7) is -0.128. The first-order chi connectivity index (χ1) is 15.5. The van der Waals surface area contributed by atoms with Crippen molar-refractivity contribution in [2.75, 3.05) is 13.2 Å². The van der Waals surface area contributed by atoms with Gasteiger partial charge in [-0.3, -0.25) is 0 Å². The van der Waals surface area contributed by atoms with Crippen LogP contribution in [0.4, 0.5) is 0 Å². The van der Waals surface area contributed by atoms with Crippen LogP contribution < -0.4 is 0 Å². The molecule has 0 saturated carbocycles. The molecule has 0 amide bonds. The molecule has 0 aromatic rings. The number of hydrogen-bond acceptors (Lipinski definition) is 15. The number of aliphatic hydroxyl groups excluding tert-OH is 10. The molecule has 194 valence electrons. The van der Waals surface area contributed by atoms with Crippen molar-refractivity contribution in [3.63, 3.8) is 0 Å². The molecular formula is C18H32O15. The molecule has 3 aliphatic rings. The number of ether oxygens (including phenoxy) is 5. The van der Waals surface area contributed by atoms with E-state index in [1.165, 1.54) is 6.92 Å². The van der Waals surface area contributed by atoms with Crippen molar-refractivity contribution in [2.24, 2.45) is 0 Å². The van der Waals surface area contributed by atoms with Crippen LogP contribution in [0.3, 0.4) is 0 Å². The summed E-state index contributed by atoms with van der Waals surface area (Å²) in [6, 6.07) is 0. The highest BCUT2D eigenvalue weighted by atomic mass is 16.8. The summed E-state index contributed by atoms with van der Waals surface area (Å²) in [5.74, 6) is 0. The van der Waals surface area contributed by atoms with E-state index in [9.17, 15) is 51.1 Å². The SMILES string of the molecule is C[C@@H]1O[C@@H](O[C@H]2[C@@H](O[C@H]3[C@H](O)[C@@H](O)[C@H](O)O[C@@H]3CO)O[C@H](CO)[C@H](O)[C@@H]2O)[C@@H](O)[C@H](O)[C@@H]1O. The molecule has 10 N–H and O–H groups in total. The largest absolute Gasteiger partial charge is 0.394 e. The van der Waals surface area contributed by atoms with Gasteiger partial charge in [-0.25, -0.2) is 0 Å². The summed E-state index contributed by atoms with van der Waals surface area (Å²) in [5, 5.41) is 99.8. The molecule has 3 saturated heterocycles. The van der Waals surface area contributed by atoms with Crippen LogP contribution in [0.25, 0.3) is 0 Å². The summed E-state index contributed by atoms with van der Waals surface area (Å²) in [6.07, 6.45) is -24.1. The average molecular weight is 488 g/mol. The molecule has 0 radical (unpaired) electrons. The summed E-state index contributed by atoms with van der Waals surface area (Å²) >= 11 is 0. The van der Waals surface area contributed by atoms with Crippen molar-refractivity contribution in [3.8, 4) is 0 Å². The van der Waals surface area contributed by atoms with Crippen LogP contribution in [0.2, 0.25) is 0 Å². The molecule has 3 fully saturated rings. The van der Waals surface area contributed by atoms with Crippen molar-refractivity contribution in [1.29, 1.82) is 0 Å². The van der Waals surface area contributed by atoms with Gasteiger partial charge in [-0.2, -0.15) is 0 Å². The maximum Gasteiger partial charge on any atom is 0.187 e. The first kappa shape index (κ1) is 27.0. The zero-order valence-electron chi connectivity index (χ0n) is 17.6. The van der Waals surface area contributed by atoms with Gasteiger partial charge in [0.1, 0.15) is 67.1 Å². The molecule has 15 atom stereocenters. The van der Waals surface area contributed by atoms with Gasteiger partial charge in [0.05, 0.1) is 19.3 Å². The van der Waals surface area contributed by atoms with Gasteiger partial charge in [-0.15, -0.1) is 0 Å². The first-order valence-electron chi connectivity index (χ1n) is 10.4.